The van der Waals surface area contributed by atoms with E-state index in [4.69, 9.17) is 5.73 Å². The second-order valence-corrected chi connectivity index (χ2v) is 8.25. The third-order valence-corrected chi connectivity index (χ3v) is 5.93. The minimum atomic E-state index is -0.417. The fourth-order valence-electron chi connectivity index (χ4n) is 2.77. The SMILES string of the molecule is CCNC(=NCc1cccc(C(N)=O)c1)NCC1(Sc2ccccc2)CC1. The van der Waals surface area contributed by atoms with Crippen molar-refractivity contribution in [1.82, 2.24) is 10.6 Å². The largest absolute Gasteiger partial charge is 0.366 e. The molecule has 142 valence electrons. The standard InChI is InChI=1S/C21H26N4OS/c1-2-23-20(24-14-16-7-6-8-17(13-16)19(22)26)25-15-21(11-12-21)27-18-9-4-3-5-10-18/h3-10,13H,2,11-12,14-15H2,1H3,(H2,22,26)(H2,23,24,25). The van der Waals surface area contributed by atoms with Gasteiger partial charge in [0.25, 0.3) is 0 Å². The van der Waals surface area contributed by atoms with Crippen LogP contribution in [0.5, 0.6) is 0 Å². The van der Waals surface area contributed by atoms with Gasteiger partial charge in [0.2, 0.25) is 5.91 Å². The predicted molar refractivity (Wildman–Crippen MR) is 112 cm³/mol. The van der Waals surface area contributed by atoms with Gasteiger partial charge in [-0.15, -0.1) is 11.8 Å². The van der Waals surface area contributed by atoms with E-state index in [2.05, 4.69) is 46.8 Å². The van der Waals surface area contributed by atoms with Crippen molar-refractivity contribution in [1.29, 1.82) is 0 Å². The number of carbonyl (C=O) groups is 1. The van der Waals surface area contributed by atoms with Crippen molar-refractivity contribution in [2.75, 3.05) is 13.1 Å². The maximum atomic E-state index is 11.3. The number of amides is 1. The first-order chi connectivity index (χ1) is 13.1. The number of nitrogens with one attached hydrogen (secondary N) is 2. The zero-order chi connectivity index (χ0) is 19.1. The monoisotopic (exact) mass is 382 g/mol. The van der Waals surface area contributed by atoms with Gasteiger partial charge in [-0.25, -0.2) is 4.99 Å². The molecule has 0 aliphatic heterocycles. The Bertz CT molecular complexity index is 803. The highest BCUT2D eigenvalue weighted by atomic mass is 32.2. The van der Waals surface area contributed by atoms with Crippen LogP contribution in [0.1, 0.15) is 35.7 Å². The Morgan fingerprint density at radius 3 is 2.59 bits per heavy atom. The highest BCUT2D eigenvalue weighted by Gasteiger charge is 2.43. The highest BCUT2D eigenvalue weighted by molar-refractivity contribution is 8.01. The van der Waals surface area contributed by atoms with E-state index in [0.717, 1.165) is 24.6 Å². The van der Waals surface area contributed by atoms with Crippen LogP contribution in [0.4, 0.5) is 0 Å². The summed E-state index contributed by atoms with van der Waals surface area (Å²) in [5.41, 5.74) is 6.82. The molecular weight excluding hydrogens is 356 g/mol. The lowest BCUT2D eigenvalue weighted by atomic mass is 10.1. The molecule has 2 aromatic carbocycles. The number of primary amides is 1. The second kappa shape index (κ2) is 8.95. The summed E-state index contributed by atoms with van der Waals surface area (Å²) in [7, 11) is 0. The normalized spacial score (nSPS) is 15.2. The van der Waals surface area contributed by atoms with Crippen molar-refractivity contribution in [3.63, 3.8) is 0 Å². The van der Waals surface area contributed by atoms with Gasteiger partial charge in [-0.1, -0.05) is 30.3 Å². The lowest BCUT2D eigenvalue weighted by Crippen LogP contribution is -2.41. The molecule has 0 heterocycles. The average Bonchev–Trinajstić information content (AvgIpc) is 3.44. The first-order valence-corrected chi connectivity index (χ1v) is 10.1. The molecule has 0 atom stereocenters. The summed E-state index contributed by atoms with van der Waals surface area (Å²) in [5, 5.41) is 6.77. The molecule has 2 aromatic rings. The number of nitrogens with zero attached hydrogens (tertiary/aromatic N) is 1. The Balaban J connectivity index is 1.59. The molecular formula is C21H26N4OS. The summed E-state index contributed by atoms with van der Waals surface area (Å²) >= 11 is 1.94. The van der Waals surface area contributed by atoms with Gasteiger partial charge in [0, 0.05) is 28.3 Å². The fourth-order valence-corrected chi connectivity index (χ4v) is 4.02. The van der Waals surface area contributed by atoms with Crippen molar-refractivity contribution < 1.29 is 4.79 Å². The van der Waals surface area contributed by atoms with Gasteiger partial charge in [0.1, 0.15) is 0 Å². The van der Waals surface area contributed by atoms with Gasteiger partial charge in [-0.2, -0.15) is 0 Å². The van der Waals surface area contributed by atoms with E-state index in [0.29, 0.717) is 12.1 Å². The quantitative estimate of drug-likeness (QED) is 0.484. The zero-order valence-corrected chi connectivity index (χ0v) is 16.4. The molecule has 1 saturated carbocycles. The molecule has 1 aliphatic carbocycles. The van der Waals surface area contributed by atoms with Crippen molar-refractivity contribution in [3.8, 4) is 0 Å². The molecule has 1 fully saturated rings. The molecule has 5 nitrogen and oxygen atoms in total. The number of benzene rings is 2. The summed E-state index contributed by atoms with van der Waals surface area (Å²) in [6, 6.07) is 17.8. The summed E-state index contributed by atoms with van der Waals surface area (Å²) in [4.78, 5) is 17.3. The Kier molecular flexibility index (Phi) is 6.40. The van der Waals surface area contributed by atoms with Crippen molar-refractivity contribution in [2.45, 2.75) is 36.0 Å². The predicted octanol–water partition coefficient (Wildman–Crippen LogP) is 3.17. The van der Waals surface area contributed by atoms with Crippen molar-refractivity contribution in [3.05, 3.63) is 65.7 Å². The van der Waals surface area contributed by atoms with Crippen LogP contribution in [0.25, 0.3) is 0 Å². The third-order valence-electron chi connectivity index (χ3n) is 4.44. The number of hydrogen-bond acceptors (Lipinski definition) is 3. The number of aliphatic imine (C=N–C) groups is 1. The summed E-state index contributed by atoms with van der Waals surface area (Å²) < 4.78 is 0.253. The molecule has 0 radical (unpaired) electrons. The van der Waals surface area contributed by atoms with Crippen LogP contribution >= 0.6 is 11.8 Å². The summed E-state index contributed by atoms with van der Waals surface area (Å²) in [6.07, 6.45) is 2.42. The van der Waals surface area contributed by atoms with E-state index >= 15 is 0 Å². The number of guanidine groups is 1. The minimum absolute atomic E-state index is 0.253. The molecule has 0 saturated heterocycles. The molecule has 27 heavy (non-hydrogen) atoms. The van der Waals surface area contributed by atoms with Gasteiger partial charge < -0.3 is 16.4 Å². The van der Waals surface area contributed by atoms with Gasteiger partial charge in [-0.05, 0) is 49.6 Å². The molecule has 3 rings (SSSR count). The molecule has 1 aliphatic rings. The number of thioether (sulfide) groups is 1. The van der Waals surface area contributed by atoms with Gasteiger partial charge in [-0.3, -0.25) is 4.79 Å². The van der Waals surface area contributed by atoms with E-state index in [9.17, 15) is 4.79 Å². The van der Waals surface area contributed by atoms with Crippen molar-refractivity contribution in [2.24, 2.45) is 10.7 Å². The summed E-state index contributed by atoms with van der Waals surface area (Å²) in [6.45, 7) is 4.22. The van der Waals surface area contributed by atoms with Crippen molar-refractivity contribution >= 4 is 23.6 Å². The van der Waals surface area contributed by atoms with Gasteiger partial charge in [0.05, 0.1) is 6.54 Å². The van der Waals surface area contributed by atoms with Crippen LogP contribution < -0.4 is 16.4 Å². The number of carbonyl (C=O) groups excluding carboxylic acids is 1. The first kappa shape index (κ1) is 19.3. The van der Waals surface area contributed by atoms with E-state index in [1.54, 1.807) is 12.1 Å². The van der Waals surface area contributed by atoms with Crippen LogP contribution in [-0.2, 0) is 6.54 Å². The molecule has 6 heteroatoms. The maximum absolute atomic E-state index is 11.3. The van der Waals surface area contributed by atoms with E-state index in [-0.39, 0.29) is 4.75 Å². The number of rotatable bonds is 8. The molecule has 0 bridgehead atoms. The highest BCUT2D eigenvalue weighted by Crippen LogP contribution is 2.51. The van der Waals surface area contributed by atoms with Gasteiger partial charge >= 0.3 is 0 Å². The van der Waals surface area contributed by atoms with Crippen LogP contribution in [0, 0.1) is 0 Å². The topological polar surface area (TPSA) is 79.5 Å². The lowest BCUT2D eigenvalue weighted by molar-refractivity contribution is 0.1000. The third kappa shape index (κ3) is 5.76. The van der Waals surface area contributed by atoms with Crippen LogP contribution in [-0.4, -0.2) is 29.7 Å². The second-order valence-electron chi connectivity index (χ2n) is 6.71. The van der Waals surface area contributed by atoms with Crippen LogP contribution in [0.2, 0.25) is 0 Å². The number of hydrogen-bond donors (Lipinski definition) is 3. The lowest BCUT2D eigenvalue weighted by Gasteiger charge is -2.18. The van der Waals surface area contributed by atoms with E-state index in [1.807, 2.05) is 30.0 Å². The maximum Gasteiger partial charge on any atom is 0.248 e. The Morgan fingerprint density at radius 1 is 1.15 bits per heavy atom. The fraction of sp³-hybridized carbons (Fsp3) is 0.333. The van der Waals surface area contributed by atoms with Crippen LogP contribution in [0.15, 0.2) is 64.5 Å². The zero-order valence-electron chi connectivity index (χ0n) is 15.6. The average molecular weight is 383 g/mol. The van der Waals surface area contributed by atoms with Gasteiger partial charge in [0.15, 0.2) is 5.96 Å². The molecule has 0 unspecified atom stereocenters. The Morgan fingerprint density at radius 2 is 1.93 bits per heavy atom. The Hall–Kier alpha value is -2.47. The first-order valence-electron chi connectivity index (χ1n) is 9.25. The van der Waals surface area contributed by atoms with E-state index in [1.165, 1.54) is 17.7 Å². The molecule has 0 aromatic heterocycles. The Labute approximate surface area is 164 Å². The number of nitrogens with two attached hydrogens (primary N) is 1. The molecule has 1 amide bonds. The molecule has 4 N–H and O–H groups in total. The molecule has 0 spiro atoms. The van der Waals surface area contributed by atoms with E-state index < -0.39 is 5.91 Å². The summed E-state index contributed by atoms with van der Waals surface area (Å²) in [5.74, 6) is 0.376. The minimum Gasteiger partial charge on any atom is -0.366 e. The smallest absolute Gasteiger partial charge is 0.248 e. The van der Waals surface area contributed by atoms with Crippen LogP contribution in [0.3, 0.4) is 0 Å².